The van der Waals surface area contributed by atoms with Gasteiger partial charge in [-0.05, 0) is 16.7 Å². The van der Waals surface area contributed by atoms with Gasteiger partial charge in [0.25, 0.3) is 0 Å². The van der Waals surface area contributed by atoms with E-state index < -0.39 is 15.6 Å². The number of carbonyl (C=O) groups excluding carboxylic acids is 1. The molecule has 0 aliphatic carbocycles. The standard InChI is InChI=1S/C23H23NO3S/c25-23(19-28(26,27)18-22-14-8-3-9-15-22)24(16-20-10-4-1-5-11-20)17-21-12-6-2-7-13-21/h1-15H,16-19H2. The van der Waals surface area contributed by atoms with Gasteiger partial charge in [-0.1, -0.05) is 91.0 Å². The number of hydrogen-bond acceptors (Lipinski definition) is 3. The highest BCUT2D eigenvalue weighted by atomic mass is 32.2. The Labute approximate surface area is 166 Å². The van der Waals surface area contributed by atoms with Crippen molar-refractivity contribution >= 4 is 15.7 Å². The zero-order chi connectivity index (χ0) is 19.8. The predicted octanol–water partition coefficient (Wildman–Crippen LogP) is 3.83. The maximum absolute atomic E-state index is 12.9. The monoisotopic (exact) mass is 393 g/mol. The van der Waals surface area contributed by atoms with Crippen LogP contribution in [0.2, 0.25) is 0 Å². The summed E-state index contributed by atoms with van der Waals surface area (Å²) >= 11 is 0. The topological polar surface area (TPSA) is 54.5 Å². The van der Waals surface area contributed by atoms with Crippen molar-refractivity contribution in [1.82, 2.24) is 4.90 Å². The molecular formula is C23H23NO3S. The second-order valence-electron chi connectivity index (χ2n) is 6.74. The number of hydrogen-bond donors (Lipinski definition) is 0. The Morgan fingerprint density at radius 2 is 1.04 bits per heavy atom. The fraction of sp³-hybridized carbons (Fsp3) is 0.174. The van der Waals surface area contributed by atoms with E-state index in [0.29, 0.717) is 18.7 Å². The largest absolute Gasteiger partial charge is 0.333 e. The van der Waals surface area contributed by atoms with E-state index >= 15 is 0 Å². The molecule has 0 bridgehead atoms. The first-order chi connectivity index (χ1) is 13.5. The molecule has 0 saturated carbocycles. The fourth-order valence-electron chi connectivity index (χ4n) is 3.00. The van der Waals surface area contributed by atoms with E-state index in [2.05, 4.69) is 0 Å². The molecule has 0 heterocycles. The molecule has 0 atom stereocenters. The third-order valence-electron chi connectivity index (χ3n) is 4.36. The number of carbonyl (C=O) groups is 1. The average molecular weight is 394 g/mol. The van der Waals surface area contributed by atoms with Crippen LogP contribution in [0.4, 0.5) is 0 Å². The van der Waals surface area contributed by atoms with E-state index in [1.165, 1.54) is 0 Å². The predicted molar refractivity (Wildman–Crippen MR) is 111 cm³/mol. The number of benzene rings is 3. The molecule has 4 nitrogen and oxygen atoms in total. The molecule has 0 aliphatic heterocycles. The molecule has 0 aromatic heterocycles. The highest BCUT2D eigenvalue weighted by molar-refractivity contribution is 7.91. The van der Waals surface area contributed by atoms with Crippen molar-refractivity contribution in [1.29, 1.82) is 0 Å². The molecule has 0 saturated heterocycles. The van der Waals surface area contributed by atoms with Crippen LogP contribution in [0.1, 0.15) is 16.7 Å². The minimum absolute atomic E-state index is 0.135. The highest BCUT2D eigenvalue weighted by Crippen LogP contribution is 2.13. The van der Waals surface area contributed by atoms with E-state index in [0.717, 1.165) is 11.1 Å². The van der Waals surface area contributed by atoms with Crippen LogP contribution in [0, 0.1) is 0 Å². The van der Waals surface area contributed by atoms with Crippen LogP contribution in [0.3, 0.4) is 0 Å². The Bertz CT molecular complexity index is 946. The van der Waals surface area contributed by atoms with E-state index in [1.807, 2.05) is 66.7 Å². The van der Waals surface area contributed by atoms with Crippen molar-refractivity contribution in [3.8, 4) is 0 Å². The highest BCUT2D eigenvalue weighted by Gasteiger charge is 2.22. The zero-order valence-electron chi connectivity index (χ0n) is 15.6. The van der Waals surface area contributed by atoms with Gasteiger partial charge in [0.2, 0.25) is 5.91 Å². The summed E-state index contributed by atoms with van der Waals surface area (Å²) in [5, 5.41) is 0. The molecule has 5 heteroatoms. The van der Waals surface area contributed by atoms with Crippen LogP contribution in [0.5, 0.6) is 0 Å². The second kappa shape index (κ2) is 9.33. The number of nitrogens with zero attached hydrogens (tertiary/aromatic N) is 1. The van der Waals surface area contributed by atoms with Gasteiger partial charge in [-0.25, -0.2) is 8.42 Å². The summed E-state index contributed by atoms with van der Waals surface area (Å²) in [6, 6.07) is 28.1. The molecule has 3 aromatic rings. The smallest absolute Gasteiger partial charge is 0.238 e. The van der Waals surface area contributed by atoms with Gasteiger partial charge in [0.1, 0.15) is 5.75 Å². The Balaban J connectivity index is 1.75. The molecule has 3 aromatic carbocycles. The lowest BCUT2D eigenvalue weighted by molar-refractivity contribution is -0.129. The zero-order valence-corrected chi connectivity index (χ0v) is 16.4. The minimum atomic E-state index is -3.55. The third-order valence-corrected chi connectivity index (χ3v) is 5.82. The molecule has 0 unspecified atom stereocenters. The van der Waals surface area contributed by atoms with E-state index in [-0.39, 0.29) is 11.7 Å². The average Bonchev–Trinajstić information content (AvgIpc) is 2.69. The summed E-state index contributed by atoms with van der Waals surface area (Å²) in [6.07, 6.45) is 0. The first-order valence-electron chi connectivity index (χ1n) is 9.12. The Morgan fingerprint density at radius 3 is 1.46 bits per heavy atom. The van der Waals surface area contributed by atoms with Crippen molar-refractivity contribution in [2.75, 3.05) is 5.75 Å². The first-order valence-corrected chi connectivity index (χ1v) is 10.9. The van der Waals surface area contributed by atoms with Crippen molar-refractivity contribution in [2.45, 2.75) is 18.8 Å². The SMILES string of the molecule is O=C(CS(=O)(=O)Cc1ccccc1)N(Cc1ccccc1)Cc1ccccc1. The van der Waals surface area contributed by atoms with Gasteiger partial charge in [-0.3, -0.25) is 4.79 Å². The van der Waals surface area contributed by atoms with Gasteiger partial charge >= 0.3 is 0 Å². The van der Waals surface area contributed by atoms with Crippen molar-refractivity contribution in [3.63, 3.8) is 0 Å². The van der Waals surface area contributed by atoms with Crippen molar-refractivity contribution < 1.29 is 13.2 Å². The second-order valence-corrected chi connectivity index (χ2v) is 8.80. The fourth-order valence-corrected chi connectivity index (χ4v) is 4.36. The maximum Gasteiger partial charge on any atom is 0.238 e. The molecule has 28 heavy (non-hydrogen) atoms. The molecule has 0 spiro atoms. The quantitative estimate of drug-likeness (QED) is 0.584. The molecule has 1 amide bonds. The van der Waals surface area contributed by atoms with Gasteiger partial charge in [-0.2, -0.15) is 0 Å². The van der Waals surface area contributed by atoms with Crippen LogP contribution < -0.4 is 0 Å². The van der Waals surface area contributed by atoms with E-state index in [9.17, 15) is 13.2 Å². The minimum Gasteiger partial charge on any atom is -0.333 e. The molecular weight excluding hydrogens is 370 g/mol. The normalized spacial score (nSPS) is 11.1. The summed E-state index contributed by atoms with van der Waals surface area (Å²) in [7, 11) is -3.55. The maximum atomic E-state index is 12.9. The van der Waals surface area contributed by atoms with E-state index in [4.69, 9.17) is 0 Å². The Kier molecular flexibility index (Phi) is 6.61. The lowest BCUT2D eigenvalue weighted by Crippen LogP contribution is -2.35. The number of amides is 1. The summed E-state index contributed by atoms with van der Waals surface area (Å²) in [5.74, 6) is -1.02. The Hall–Kier alpha value is -2.92. The van der Waals surface area contributed by atoms with Gasteiger partial charge in [0.05, 0.1) is 5.75 Å². The van der Waals surface area contributed by atoms with Gasteiger partial charge in [-0.15, -0.1) is 0 Å². The summed E-state index contributed by atoms with van der Waals surface area (Å²) in [5.41, 5.74) is 2.62. The van der Waals surface area contributed by atoms with E-state index in [1.54, 1.807) is 29.2 Å². The molecule has 0 radical (unpaired) electrons. The van der Waals surface area contributed by atoms with Crippen LogP contribution >= 0.6 is 0 Å². The lowest BCUT2D eigenvalue weighted by atomic mass is 10.1. The number of sulfone groups is 1. The van der Waals surface area contributed by atoms with Gasteiger partial charge < -0.3 is 4.90 Å². The first kappa shape index (κ1) is 19.8. The van der Waals surface area contributed by atoms with Crippen molar-refractivity contribution in [3.05, 3.63) is 108 Å². The molecule has 0 aliphatic rings. The molecule has 3 rings (SSSR count). The summed E-state index contributed by atoms with van der Waals surface area (Å²) < 4.78 is 25.1. The number of rotatable bonds is 8. The van der Waals surface area contributed by atoms with Gasteiger partial charge in [0, 0.05) is 13.1 Å². The van der Waals surface area contributed by atoms with Gasteiger partial charge in [0.15, 0.2) is 9.84 Å². The summed E-state index contributed by atoms with van der Waals surface area (Å²) in [4.78, 5) is 14.5. The molecule has 144 valence electrons. The lowest BCUT2D eigenvalue weighted by Gasteiger charge is -2.23. The van der Waals surface area contributed by atoms with Crippen LogP contribution in [0.25, 0.3) is 0 Å². The molecule has 0 fully saturated rings. The van der Waals surface area contributed by atoms with Crippen LogP contribution in [-0.2, 0) is 33.5 Å². The summed E-state index contributed by atoms with van der Waals surface area (Å²) in [6.45, 7) is 0.741. The van der Waals surface area contributed by atoms with Crippen LogP contribution in [0.15, 0.2) is 91.0 Å². The van der Waals surface area contributed by atoms with Crippen molar-refractivity contribution in [2.24, 2.45) is 0 Å². The Morgan fingerprint density at radius 1 is 0.643 bits per heavy atom. The third kappa shape index (κ3) is 6.06. The molecule has 0 N–H and O–H groups in total. The van der Waals surface area contributed by atoms with Crippen LogP contribution in [-0.4, -0.2) is 25.0 Å².